The van der Waals surface area contributed by atoms with Gasteiger partial charge in [0.25, 0.3) is 0 Å². The number of nitrogens with zero attached hydrogens (tertiary/aromatic N) is 1. The summed E-state index contributed by atoms with van der Waals surface area (Å²) in [5, 5.41) is 12.4. The lowest BCUT2D eigenvalue weighted by Crippen LogP contribution is -2.14. The molecular formula is C60H43N. The van der Waals surface area contributed by atoms with Crippen molar-refractivity contribution in [1.29, 1.82) is 0 Å². The van der Waals surface area contributed by atoms with Crippen LogP contribution in [0.3, 0.4) is 0 Å². The van der Waals surface area contributed by atoms with Gasteiger partial charge in [-0.1, -0.05) is 196 Å². The number of hydrogen-bond acceptors (Lipinski definition) is 1. The van der Waals surface area contributed by atoms with Crippen LogP contribution in [0.2, 0.25) is 0 Å². The van der Waals surface area contributed by atoms with Crippen LogP contribution in [0.25, 0.3) is 87.2 Å². The minimum absolute atomic E-state index is 0.0844. The van der Waals surface area contributed by atoms with Crippen molar-refractivity contribution in [3.05, 3.63) is 223 Å². The Morgan fingerprint density at radius 2 is 0.803 bits per heavy atom. The Labute approximate surface area is 356 Å². The SMILES string of the molecule is Cc1ccc(N(c2cccc3ccccc23)c2ccc(-c3c4ccccc4c(-c4ccc5c(c4)C(C)(C)c4ccccc4-5)c4ccccc34)c3ccccc23)c2ccccc12. The van der Waals surface area contributed by atoms with Crippen molar-refractivity contribution in [1.82, 2.24) is 0 Å². The van der Waals surface area contributed by atoms with E-state index in [1.165, 1.54) is 104 Å². The van der Waals surface area contributed by atoms with E-state index in [0.717, 1.165) is 17.1 Å². The van der Waals surface area contributed by atoms with Crippen molar-refractivity contribution in [2.45, 2.75) is 26.2 Å². The monoisotopic (exact) mass is 777 g/mol. The van der Waals surface area contributed by atoms with Gasteiger partial charge in [-0.15, -0.1) is 0 Å². The first-order valence-electron chi connectivity index (χ1n) is 21.4. The van der Waals surface area contributed by atoms with Crippen LogP contribution in [-0.2, 0) is 5.41 Å². The molecule has 0 N–H and O–H groups in total. The van der Waals surface area contributed by atoms with Crippen LogP contribution in [0.5, 0.6) is 0 Å². The van der Waals surface area contributed by atoms with Crippen LogP contribution in [0.1, 0.15) is 30.5 Å². The number of benzene rings is 11. The molecular weight excluding hydrogens is 735 g/mol. The molecule has 0 heterocycles. The second-order valence-electron chi connectivity index (χ2n) is 17.2. The Morgan fingerprint density at radius 1 is 0.328 bits per heavy atom. The second kappa shape index (κ2) is 13.5. The third kappa shape index (κ3) is 5.27. The molecule has 0 aromatic heterocycles. The maximum absolute atomic E-state index is 2.50. The Morgan fingerprint density at radius 3 is 1.51 bits per heavy atom. The third-order valence-corrected chi connectivity index (χ3v) is 13.6. The zero-order chi connectivity index (χ0) is 40.8. The average molecular weight is 778 g/mol. The molecule has 1 aliphatic rings. The number of fused-ring (bicyclic) bond motifs is 8. The van der Waals surface area contributed by atoms with E-state index in [9.17, 15) is 0 Å². The Balaban J connectivity index is 1.12. The molecule has 11 aromatic rings. The van der Waals surface area contributed by atoms with Crippen molar-refractivity contribution >= 4 is 70.9 Å². The second-order valence-corrected chi connectivity index (χ2v) is 17.2. The van der Waals surface area contributed by atoms with Crippen LogP contribution < -0.4 is 4.90 Å². The predicted octanol–water partition coefficient (Wildman–Crippen LogP) is 16.9. The summed E-state index contributed by atoms with van der Waals surface area (Å²) < 4.78 is 0. The van der Waals surface area contributed by atoms with E-state index < -0.39 is 0 Å². The fourth-order valence-electron chi connectivity index (χ4n) is 10.7. The van der Waals surface area contributed by atoms with Crippen molar-refractivity contribution in [3.63, 3.8) is 0 Å². The highest BCUT2D eigenvalue weighted by molar-refractivity contribution is 6.24. The molecule has 0 amide bonds. The fraction of sp³-hybridized carbons (Fsp3) is 0.0667. The molecule has 0 bridgehead atoms. The topological polar surface area (TPSA) is 3.24 Å². The van der Waals surface area contributed by atoms with Crippen LogP contribution in [0, 0.1) is 6.92 Å². The summed E-state index contributed by atoms with van der Waals surface area (Å²) in [5.74, 6) is 0. The fourth-order valence-corrected chi connectivity index (χ4v) is 10.7. The molecule has 0 aliphatic heterocycles. The summed E-state index contributed by atoms with van der Waals surface area (Å²) in [4.78, 5) is 2.50. The predicted molar refractivity (Wildman–Crippen MR) is 262 cm³/mol. The van der Waals surface area contributed by atoms with Crippen molar-refractivity contribution in [2.24, 2.45) is 0 Å². The molecule has 0 saturated heterocycles. The largest absolute Gasteiger partial charge is 0.309 e. The van der Waals surface area contributed by atoms with Gasteiger partial charge in [-0.3, -0.25) is 0 Å². The lowest BCUT2D eigenvalue weighted by Gasteiger charge is -2.30. The maximum Gasteiger partial charge on any atom is 0.0540 e. The van der Waals surface area contributed by atoms with E-state index in [0.29, 0.717) is 0 Å². The minimum Gasteiger partial charge on any atom is -0.309 e. The summed E-state index contributed by atoms with van der Waals surface area (Å²) in [6.07, 6.45) is 0. The molecule has 11 aromatic carbocycles. The molecule has 12 rings (SSSR count). The van der Waals surface area contributed by atoms with Crippen molar-refractivity contribution in [3.8, 4) is 33.4 Å². The molecule has 0 fully saturated rings. The number of rotatable bonds is 5. The molecule has 0 atom stereocenters. The molecule has 0 spiro atoms. The summed E-state index contributed by atoms with van der Waals surface area (Å²) in [7, 11) is 0. The van der Waals surface area contributed by atoms with Gasteiger partial charge in [0.2, 0.25) is 0 Å². The van der Waals surface area contributed by atoms with Gasteiger partial charge < -0.3 is 4.90 Å². The molecule has 288 valence electrons. The van der Waals surface area contributed by atoms with Gasteiger partial charge in [-0.25, -0.2) is 0 Å². The Hall–Kier alpha value is -7.48. The van der Waals surface area contributed by atoms with Gasteiger partial charge in [0.15, 0.2) is 0 Å². The van der Waals surface area contributed by atoms with Crippen LogP contribution >= 0.6 is 0 Å². The summed E-state index contributed by atoms with van der Waals surface area (Å²) >= 11 is 0. The third-order valence-electron chi connectivity index (χ3n) is 13.6. The number of aryl methyl sites for hydroxylation is 1. The first-order chi connectivity index (χ1) is 30.0. The van der Waals surface area contributed by atoms with Crippen LogP contribution in [0.15, 0.2) is 206 Å². The first kappa shape index (κ1) is 35.5. The van der Waals surface area contributed by atoms with E-state index in [-0.39, 0.29) is 5.41 Å². The molecule has 61 heavy (non-hydrogen) atoms. The highest BCUT2D eigenvalue weighted by Gasteiger charge is 2.35. The lowest BCUT2D eigenvalue weighted by atomic mass is 9.80. The van der Waals surface area contributed by atoms with E-state index in [1.807, 2.05) is 0 Å². The van der Waals surface area contributed by atoms with Crippen LogP contribution in [-0.4, -0.2) is 0 Å². The van der Waals surface area contributed by atoms with Gasteiger partial charge in [-0.05, 0) is 119 Å². The van der Waals surface area contributed by atoms with E-state index in [4.69, 9.17) is 0 Å². The van der Waals surface area contributed by atoms with E-state index in [1.54, 1.807) is 0 Å². The summed E-state index contributed by atoms with van der Waals surface area (Å²) in [6, 6.07) is 76.9. The first-order valence-corrected chi connectivity index (χ1v) is 21.4. The van der Waals surface area contributed by atoms with Gasteiger partial charge in [-0.2, -0.15) is 0 Å². The number of anilines is 3. The van der Waals surface area contributed by atoms with Crippen molar-refractivity contribution < 1.29 is 0 Å². The quantitative estimate of drug-likeness (QED) is 0.157. The Kier molecular flexibility index (Phi) is 7.86. The minimum atomic E-state index is -0.0844. The summed E-state index contributed by atoms with van der Waals surface area (Å²) in [6.45, 7) is 6.96. The molecule has 1 heteroatoms. The molecule has 0 saturated carbocycles. The van der Waals surface area contributed by atoms with Crippen molar-refractivity contribution in [2.75, 3.05) is 4.90 Å². The smallest absolute Gasteiger partial charge is 0.0540 e. The van der Waals surface area contributed by atoms with E-state index >= 15 is 0 Å². The normalized spacial score (nSPS) is 13.0. The van der Waals surface area contributed by atoms with Gasteiger partial charge in [0, 0.05) is 21.6 Å². The number of hydrogen-bond donors (Lipinski definition) is 0. The van der Waals surface area contributed by atoms with Gasteiger partial charge in [0.05, 0.1) is 17.1 Å². The molecule has 1 aliphatic carbocycles. The Bertz CT molecular complexity index is 3530. The lowest BCUT2D eigenvalue weighted by molar-refractivity contribution is 0.660. The standard InChI is InChI=1S/C60H43N/c1-38-31-35-56(46-23-8-6-19-41(38)46)61(55-30-16-18-39-17-4-5-20-42(39)55)57-36-34-52(43-21-7-9-24-47(43)57)59-50-27-12-10-25-48(50)58(49-26-11-13-28-51(49)59)40-32-33-45-44-22-14-15-29-53(44)60(2,3)54(45)37-40/h4-37H,1-3H3. The molecule has 0 radical (unpaired) electrons. The van der Waals surface area contributed by atoms with Gasteiger partial charge in [0.1, 0.15) is 0 Å². The zero-order valence-electron chi connectivity index (χ0n) is 34.6. The van der Waals surface area contributed by atoms with Gasteiger partial charge >= 0.3 is 0 Å². The molecule has 0 unspecified atom stereocenters. The van der Waals surface area contributed by atoms with E-state index in [2.05, 4.69) is 232 Å². The highest BCUT2D eigenvalue weighted by atomic mass is 15.1. The molecule has 1 nitrogen and oxygen atoms in total. The maximum atomic E-state index is 2.50. The average Bonchev–Trinajstić information content (AvgIpc) is 3.54. The summed E-state index contributed by atoms with van der Waals surface area (Å²) in [5.41, 5.74) is 15.2. The highest BCUT2D eigenvalue weighted by Crippen LogP contribution is 2.53. The van der Waals surface area contributed by atoms with Crippen LogP contribution in [0.4, 0.5) is 17.1 Å². The zero-order valence-corrected chi connectivity index (χ0v) is 34.6.